The summed E-state index contributed by atoms with van der Waals surface area (Å²) in [4.78, 5) is 18.7. The highest BCUT2D eigenvalue weighted by Crippen LogP contribution is 2.49. The Labute approximate surface area is 325 Å². The van der Waals surface area contributed by atoms with Gasteiger partial charge in [-0.25, -0.2) is 0 Å². The Bertz CT molecular complexity index is 2300. The van der Waals surface area contributed by atoms with Crippen LogP contribution in [0.5, 0.6) is 0 Å². The van der Waals surface area contributed by atoms with Crippen molar-refractivity contribution in [2.75, 3.05) is 28.4 Å². The van der Waals surface area contributed by atoms with Gasteiger partial charge in [-0.2, -0.15) is 0 Å². The van der Waals surface area contributed by atoms with Crippen LogP contribution in [0, 0.1) is 0 Å². The molecular formula is C48H42N4O4. The Balaban J connectivity index is 1.55. The van der Waals surface area contributed by atoms with Crippen LogP contribution in [-0.2, 0) is 18.9 Å². The summed E-state index contributed by atoms with van der Waals surface area (Å²) >= 11 is 0. The molecule has 9 rings (SSSR count). The molecule has 2 aliphatic rings. The van der Waals surface area contributed by atoms with Gasteiger partial charge in [-0.3, -0.25) is 9.97 Å². The molecule has 4 aromatic carbocycles. The maximum absolute atomic E-state index is 6.36. The van der Waals surface area contributed by atoms with Crippen LogP contribution in [0.1, 0.15) is 47.2 Å². The molecule has 4 atom stereocenters. The van der Waals surface area contributed by atoms with Crippen molar-refractivity contribution in [2.24, 2.45) is 0 Å². The minimum Gasteiger partial charge on any atom is -0.372 e. The van der Waals surface area contributed by atoms with Crippen molar-refractivity contribution in [3.63, 3.8) is 0 Å². The number of fused-ring (bicyclic) bond motifs is 8. The van der Waals surface area contributed by atoms with Gasteiger partial charge in [0.25, 0.3) is 0 Å². The lowest BCUT2D eigenvalue weighted by atomic mass is 9.97. The van der Waals surface area contributed by atoms with Gasteiger partial charge in [-0.05, 0) is 46.5 Å². The number of aromatic amines is 2. The zero-order valence-electron chi connectivity index (χ0n) is 31.7. The largest absolute Gasteiger partial charge is 0.372 e. The molecule has 0 radical (unpaired) electrons. The molecule has 8 heteroatoms. The van der Waals surface area contributed by atoms with Gasteiger partial charge < -0.3 is 28.9 Å². The molecule has 0 spiro atoms. The molecule has 8 bridgehead atoms. The molecule has 0 saturated carbocycles. The van der Waals surface area contributed by atoms with Crippen molar-refractivity contribution >= 4 is 22.1 Å². The summed E-state index contributed by atoms with van der Waals surface area (Å²) in [5.41, 5.74) is 14.2. The van der Waals surface area contributed by atoms with Gasteiger partial charge in [0, 0.05) is 72.8 Å². The van der Waals surface area contributed by atoms with Crippen LogP contribution >= 0.6 is 0 Å². The van der Waals surface area contributed by atoms with Gasteiger partial charge in [0.1, 0.15) is 24.4 Å². The topological polar surface area (TPSA) is 94.3 Å². The van der Waals surface area contributed by atoms with E-state index in [1.54, 1.807) is 28.4 Å². The minimum atomic E-state index is -0.513. The highest BCUT2D eigenvalue weighted by Gasteiger charge is 2.39. The zero-order valence-corrected chi connectivity index (χ0v) is 31.7. The number of nitrogens with one attached hydrogen (secondary N) is 2. The fraction of sp³-hybridized carbons (Fsp3) is 0.167. The van der Waals surface area contributed by atoms with Gasteiger partial charge in [0.05, 0.1) is 22.8 Å². The fourth-order valence-electron chi connectivity index (χ4n) is 8.38. The third kappa shape index (κ3) is 6.04. The first kappa shape index (κ1) is 35.5. The van der Waals surface area contributed by atoms with Crippen LogP contribution in [0.15, 0.2) is 146 Å². The molecule has 2 aliphatic heterocycles. The third-order valence-electron chi connectivity index (χ3n) is 10.8. The first-order valence-corrected chi connectivity index (χ1v) is 18.8. The van der Waals surface area contributed by atoms with E-state index >= 15 is 0 Å². The maximum Gasteiger partial charge on any atom is 0.132 e. The van der Waals surface area contributed by atoms with Crippen molar-refractivity contribution in [3.05, 3.63) is 168 Å². The number of aromatic nitrogens is 4. The normalized spacial score (nSPS) is 17.9. The van der Waals surface area contributed by atoms with Gasteiger partial charge in [0.2, 0.25) is 0 Å². The van der Waals surface area contributed by atoms with Gasteiger partial charge in [-0.1, -0.05) is 121 Å². The summed E-state index contributed by atoms with van der Waals surface area (Å²) in [7, 11) is 6.89. The smallest absolute Gasteiger partial charge is 0.132 e. The van der Waals surface area contributed by atoms with E-state index in [0.717, 1.165) is 89.4 Å². The summed E-state index contributed by atoms with van der Waals surface area (Å²) in [6, 6.07) is 49.8. The third-order valence-corrected chi connectivity index (χ3v) is 10.8. The van der Waals surface area contributed by atoms with Crippen LogP contribution in [0.4, 0.5) is 0 Å². The first-order chi connectivity index (χ1) is 27.6. The quantitative estimate of drug-likeness (QED) is 0.161. The molecule has 2 N–H and O–H groups in total. The van der Waals surface area contributed by atoms with E-state index in [9.17, 15) is 0 Å². The number of H-pyrrole nitrogens is 2. The number of hydrogen-bond donors (Lipinski definition) is 2. The molecule has 8 nitrogen and oxygen atoms in total. The molecule has 0 unspecified atom stereocenters. The van der Waals surface area contributed by atoms with E-state index in [0.29, 0.717) is 0 Å². The number of ether oxygens (including phenoxy) is 4. The Kier molecular flexibility index (Phi) is 9.63. The molecule has 5 heterocycles. The monoisotopic (exact) mass is 738 g/mol. The van der Waals surface area contributed by atoms with Crippen molar-refractivity contribution in [1.29, 1.82) is 0 Å². The highest BCUT2D eigenvalue weighted by atomic mass is 16.5. The number of nitrogens with zero attached hydrogens (tertiary/aromatic N) is 2. The van der Waals surface area contributed by atoms with Crippen LogP contribution in [0.2, 0.25) is 0 Å². The molecule has 56 heavy (non-hydrogen) atoms. The second kappa shape index (κ2) is 15.2. The van der Waals surface area contributed by atoms with Gasteiger partial charge >= 0.3 is 0 Å². The summed E-state index contributed by atoms with van der Waals surface area (Å²) in [6.45, 7) is 0. The zero-order chi connectivity index (χ0) is 38.2. The molecular weight excluding hydrogens is 697 g/mol. The summed E-state index contributed by atoms with van der Waals surface area (Å²) in [6.07, 6.45) is -2.05. The lowest BCUT2D eigenvalue weighted by Gasteiger charge is -2.20. The van der Waals surface area contributed by atoms with Crippen molar-refractivity contribution < 1.29 is 18.9 Å². The Hall–Kier alpha value is -6.16. The second-order valence-corrected chi connectivity index (χ2v) is 13.9. The molecule has 278 valence electrons. The average molecular weight is 739 g/mol. The summed E-state index contributed by atoms with van der Waals surface area (Å²) in [5, 5.41) is 0. The number of hydrogen-bond acceptors (Lipinski definition) is 6. The fourth-order valence-corrected chi connectivity index (χ4v) is 8.38. The second-order valence-electron chi connectivity index (χ2n) is 13.9. The SMILES string of the molecule is CO[C@@H]1c2nc(c(-c3ccccc3)c3ccc([nH]3)c(-c3ccccc3)c3nc(c(-c4ccccc4)c4ccc([nH]4)c2-c2ccccc2)[C@H](OC)[C@@H]3OC)[C@@H]1OC. The predicted molar refractivity (Wildman–Crippen MR) is 222 cm³/mol. The lowest BCUT2D eigenvalue weighted by Crippen LogP contribution is -2.11. The van der Waals surface area contributed by atoms with Crippen molar-refractivity contribution in [1.82, 2.24) is 19.9 Å². The van der Waals surface area contributed by atoms with Crippen LogP contribution in [-0.4, -0.2) is 48.4 Å². The molecule has 7 aromatic rings. The number of methoxy groups -OCH3 is 4. The summed E-state index contributed by atoms with van der Waals surface area (Å²) < 4.78 is 25.4. The van der Waals surface area contributed by atoms with Crippen molar-refractivity contribution in [3.8, 4) is 44.5 Å². The van der Waals surface area contributed by atoms with Gasteiger partial charge in [-0.15, -0.1) is 0 Å². The van der Waals surface area contributed by atoms with Crippen molar-refractivity contribution in [2.45, 2.75) is 24.4 Å². The average Bonchev–Trinajstić information content (AvgIpc) is 4.06. The van der Waals surface area contributed by atoms with E-state index in [2.05, 4.69) is 82.8 Å². The Morgan fingerprint density at radius 3 is 0.732 bits per heavy atom. The van der Waals surface area contributed by atoms with E-state index in [4.69, 9.17) is 28.9 Å². The first-order valence-electron chi connectivity index (χ1n) is 18.8. The predicted octanol–water partition coefficient (Wildman–Crippen LogP) is 11.1. The highest BCUT2D eigenvalue weighted by molar-refractivity contribution is 5.92. The van der Waals surface area contributed by atoms with E-state index < -0.39 is 24.4 Å². The van der Waals surface area contributed by atoms with Crippen LogP contribution in [0.3, 0.4) is 0 Å². The van der Waals surface area contributed by atoms with Gasteiger partial charge in [0.15, 0.2) is 0 Å². The van der Waals surface area contributed by atoms with Crippen LogP contribution in [0.25, 0.3) is 66.6 Å². The standard InChI is InChI=1S/C48H42N4O4/c1-53-45-41-37(29-17-9-5-10-18-29)33-25-26-35(49-33)39(31-21-13-7-14-22-31)43-47(55-3)48(56-4)44(52-43)40(32-23-15-8-16-24-32)36-28-27-34(50-36)38(30-19-11-6-12-20-30)42(51-41)46(45)54-2/h5-28,45-50H,1-4H3/t45-,46+,47+,48-. The number of benzene rings is 4. The number of rotatable bonds is 8. The van der Waals surface area contributed by atoms with E-state index in [-0.39, 0.29) is 0 Å². The molecule has 3 aromatic heterocycles. The summed E-state index contributed by atoms with van der Waals surface area (Å²) in [5.74, 6) is 0. The van der Waals surface area contributed by atoms with E-state index in [1.165, 1.54) is 0 Å². The lowest BCUT2D eigenvalue weighted by molar-refractivity contribution is -0.0325. The Morgan fingerprint density at radius 1 is 0.321 bits per heavy atom. The van der Waals surface area contributed by atoms with Crippen LogP contribution < -0.4 is 0 Å². The molecule has 0 amide bonds. The molecule has 0 aliphatic carbocycles. The maximum atomic E-state index is 6.36. The Morgan fingerprint density at radius 2 is 0.536 bits per heavy atom. The minimum absolute atomic E-state index is 0.513. The van der Waals surface area contributed by atoms with E-state index in [1.807, 2.05) is 72.8 Å². The molecule has 0 fully saturated rings. The molecule has 0 saturated heterocycles.